The van der Waals surface area contributed by atoms with Gasteiger partial charge in [0, 0.05) is 12.6 Å². The van der Waals surface area contributed by atoms with Crippen LogP contribution in [0.15, 0.2) is 24.3 Å². The summed E-state index contributed by atoms with van der Waals surface area (Å²) in [5.41, 5.74) is 6.72. The van der Waals surface area contributed by atoms with Crippen LogP contribution in [0.5, 0.6) is 0 Å². The third-order valence-corrected chi connectivity index (χ3v) is 3.62. The van der Waals surface area contributed by atoms with Gasteiger partial charge in [0.1, 0.15) is 5.82 Å². The fourth-order valence-electron chi connectivity index (χ4n) is 2.03. The number of carbonyl (C=O) groups is 1. The molecule has 1 aromatic rings. The smallest absolute Gasteiger partial charge is 0.227 e. The van der Waals surface area contributed by atoms with Crippen LogP contribution in [0.25, 0.3) is 0 Å². The van der Waals surface area contributed by atoms with E-state index in [-0.39, 0.29) is 29.7 Å². The summed E-state index contributed by atoms with van der Waals surface area (Å²) in [7, 11) is 0. The lowest BCUT2D eigenvalue weighted by Crippen LogP contribution is -2.42. The minimum Gasteiger partial charge on any atom is -0.336 e. The van der Waals surface area contributed by atoms with E-state index in [2.05, 4.69) is 0 Å². The van der Waals surface area contributed by atoms with Gasteiger partial charge in [0.05, 0.1) is 12.0 Å². The molecule has 0 saturated carbocycles. The molecule has 0 heterocycles. The van der Waals surface area contributed by atoms with Crippen molar-refractivity contribution in [2.24, 2.45) is 11.7 Å². The lowest BCUT2D eigenvalue weighted by Gasteiger charge is -2.32. The molecule has 3 atom stereocenters. The number of rotatable bonds is 5. The fourth-order valence-corrected chi connectivity index (χ4v) is 2.03. The Morgan fingerprint density at radius 1 is 1.26 bits per heavy atom. The fraction of sp³-hybridized carbons (Fsp3) is 0.533. The lowest BCUT2D eigenvalue weighted by atomic mass is 10.00. The quantitative estimate of drug-likeness (QED) is 0.890. The lowest BCUT2D eigenvalue weighted by molar-refractivity contribution is -0.137. The number of benzene rings is 1. The van der Waals surface area contributed by atoms with Crippen LogP contribution in [0.1, 0.15) is 39.3 Å². The van der Waals surface area contributed by atoms with Crippen LogP contribution in [0.4, 0.5) is 4.39 Å². The molecule has 0 aliphatic carbocycles. The molecule has 4 heteroatoms. The Bertz CT molecular complexity index is 417. The highest BCUT2D eigenvalue weighted by molar-refractivity contribution is 5.79. The van der Waals surface area contributed by atoms with Crippen molar-refractivity contribution in [3.8, 4) is 0 Å². The first-order chi connectivity index (χ1) is 8.88. The number of halogens is 1. The molecule has 1 rings (SSSR count). The van der Waals surface area contributed by atoms with Crippen molar-refractivity contribution >= 4 is 5.91 Å². The average Bonchev–Trinajstić information content (AvgIpc) is 2.38. The first-order valence-electron chi connectivity index (χ1n) is 6.70. The second-order valence-corrected chi connectivity index (χ2v) is 5.00. The van der Waals surface area contributed by atoms with E-state index in [1.54, 1.807) is 17.0 Å². The molecule has 0 spiro atoms. The largest absolute Gasteiger partial charge is 0.336 e. The molecule has 2 N–H and O–H groups in total. The number of carbonyl (C=O) groups excluding carboxylic acids is 1. The van der Waals surface area contributed by atoms with Gasteiger partial charge in [-0.15, -0.1) is 0 Å². The van der Waals surface area contributed by atoms with Crippen molar-refractivity contribution in [3.05, 3.63) is 35.6 Å². The molecule has 3 nitrogen and oxygen atoms in total. The number of nitrogens with two attached hydrogens (primary N) is 1. The summed E-state index contributed by atoms with van der Waals surface area (Å²) < 4.78 is 12.9. The highest BCUT2D eigenvalue weighted by Gasteiger charge is 2.26. The molecule has 0 aromatic heterocycles. The molecule has 0 fully saturated rings. The Morgan fingerprint density at radius 3 is 2.21 bits per heavy atom. The van der Waals surface area contributed by atoms with Crippen molar-refractivity contribution in [1.82, 2.24) is 4.90 Å². The minimum atomic E-state index is -0.269. The van der Waals surface area contributed by atoms with Crippen molar-refractivity contribution in [2.75, 3.05) is 6.54 Å². The minimum absolute atomic E-state index is 0.0364. The zero-order valence-electron chi connectivity index (χ0n) is 12.1. The van der Waals surface area contributed by atoms with Crippen LogP contribution in [-0.2, 0) is 4.79 Å². The average molecular weight is 266 g/mol. The summed E-state index contributed by atoms with van der Waals surface area (Å²) in [4.78, 5) is 14.1. The SMILES string of the molecule is CCN(C(=O)C(C)C(C)N)C(C)c1ccc(F)cc1. The van der Waals surface area contributed by atoms with Crippen molar-refractivity contribution < 1.29 is 9.18 Å². The standard InChI is InChI=1S/C15H23FN2O/c1-5-18(15(19)10(2)11(3)17)12(4)13-6-8-14(16)9-7-13/h6-12H,5,17H2,1-4H3. The predicted molar refractivity (Wildman–Crippen MR) is 75.0 cm³/mol. The molecule has 0 saturated heterocycles. The predicted octanol–water partition coefficient (Wildman–Crippen LogP) is 2.72. The Labute approximate surface area is 114 Å². The van der Waals surface area contributed by atoms with E-state index < -0.39 is 0 Å². The van der Waals surface area contributed by atoms with E-state index in [1.807, 2.05) is 27.7 Å². The first-order valence-corrected chi connectivity index (χ1v) is 6.70. The molecule has 106 valence electrons. The second kappa shape index (κ2) is 6.66. The van der Waals surface area contributed by atoms with Gasteiger partial charge in [-0.2, -0.15) is 0 Å². The number of hydrogen-bond acceptors (Lipinski definition) is 2. The number of hydrogen-bond donors (Lipinski definition) is 1. The van der Waals surface area contributed by atoms with E-state index in [0.29, 0.717) is 6.54 Å². The monoisotopic (exact) mass is 266 g/mol. The number of amides is 1. The van der Waals surface area contributed by atoms with E-state index >= 15 is 0 Å². The summed E-state index contributed by atoms with van der Waals surface area (Å²) in [5.74, 6) is -0.452. The Balaban J connectivity index is 2.90. The van der Waals surface area contributed by atoms with Gasteiger partial charge in [-0.1, -0.05) is 19.1 Å². The van der Waals surface area contributed by atoms with Crippen molar-refractivity contribution in [2.45, 2.75) is 39.8 Å². The molecular formula is C15H23FN2O. The summed E-state index contributed by atoms with van der Waals surface area (Å²) in [6.45, 7) is 8.16. The van der Waals surface area contributed by atoms with Crippen LogP contribution in [0.3, 0.4) is 0 Å². The van der Waals surface area contributed by atoms with E-state index in [9.17, 15) is 9.18 Å². The van der Waals surface area contributed by atoms with E-state index in [4.69, 9.17) is 5.73 Å². The van der Waals surface area contributed by atoms with Gasteiger partial charge in [-0.05, 0) is 38.5 Å². The van der Waals surface area contributed by atoms with E-state index in [0.717, 1.165) is 5.56 Å². The molecule has 1 aromatic carbocycles. The summed E-state index contributed by atoms with van der Waals surface area (Å²) in [5, 5.41) is 0. The number of nitrogens with zero attached hydrogens (tertiary/aromatic N) is 1. The molecule has 1 amide bonds. The maximum absolute atomic E-state index is 12.9. The third-order valence-electron chi connectivity index (χ3n) is 3.62. The third kappa shape index (κ3) is 3.77. The van der Waals surface area contributed by atoms with Crippen LogP contribution in [-0.4, -0.2) is 23.4 Å². The molecular weight excluding hydrogens is 243 g/mol. The Morgan fingerprint density at radius 2 is 1.79 bits per heavy atom. The Hall–Kier alpha value is -1.42. The first kappa shape index (κ1) is 15.6. The molecule has 19 heavy (non-hydrogen) atoms. The summed E-state index contributed by atoms with van der Waals surface area (Å²) >= 11 is 0. The van der Waals surface area contributed by atoms with Gasteiger partial charge in [-0.3, -0.25) is 4.79 Å². The highest BCUT2D eigenvalue weighted by Crippen LogP contribution is 2.22. The highest BCUT2D eigenvalue weighted by atomic mass is 19.1. The molecule has 0 bridgehead atoms. The van der Waals surface area contributed by atoms with Gasteiger partial charge >= 0.3 is 0 Å². The normalized spacial score (nSPS) is 15.7. The van der Waals surface area contributed by atoms with Crippen LogP contribution >= 0.6 is 0 Å². The molecule has 0 aliphatic heterocycles. The summed E-state index contributed by atoms with van der Waals surface area (Å²) in [6.07, 6.45) is 0. The van der Waals surface area contributed by atoms with E-state index in [1.165, 1.54) is 12.1 Å². The van der Waals surface area contributed by atoms with Crippen LogP contribution in [0, 0.1) is 11.7 Å². The molecule has 3 unspecified atom stereocenters. The van der Waals surface area contributed by atoms with Crippen molar-refractivity contribution in [1.29, 1.82) is 0 Å². The van der Waals surface area contributed by atoms with Crippen LogP contribution in [0.2, 0.25) is 0 Å². The molecule has 0 radical (unpaired) electrons. The Kier molecular flexibility index (Phi) is 5.48. The van der Waals surface area contributed by atoms with Gasteiger partial charge in [0.2, 0.25) is 5.91 Å². The van der Waals surface area contributed by atoms with Gasteiger partial charge < -0.3 is 10.6 Å². The zero-order chi connectivity index (χ0) is 14.6. The van der Waals surface area contributed by atoms with Crippen molar-refractivity contribution in [3.63, 3.8) is 0 Å². The van der Waals surface area contributed by atoms with Gasteiger partial charge in [0.25, 0.3) is 0 Å². The maximum Gasteiger partial charge on any atom is 0.227 e. The second-order valence-electron chi connectivity index (χ2n) is 5.00. The maximum atomic E-state index is 12.9. The summed E-state index contributed by atoms with van der Waals surface area (Å²) in [6, 6.07) is 6.00. The topological polar surface area (TPSA) is 46.3 Å². The zero-order valence-corrected chi connectivity index (χ0v) is 12.1. The van der Waals surface area contributed by atoms with Gasteiger partial charge in [-0.25, -0.2) is 4.39 Å². The van der Waals surface area contributed by atoms with Crippen LogP contribution < -0.4 is 5.73 Å². The molecule has 0 aliphatic rings. The van der Waals surface area contributed by atoms with Gasteiger partial charge in [0.15, 0.2) is 0 Å².